The molecule has 0 saturated carbocycles. The fraction of sp³-hybridized carbons (Fsp3) is 0. The number of benzene rings is 5. The van der Waals surface area contributed by atoms with Crippen LogP contribution in [0.2, 0.25) is 5.02 Å². The van der Waals surface area contributed by atoms with Gasteiger partial charge in [0, 0.05) is 16.8 Å². The first kappa shape index (κ1) is 27.9. The van der Waals surface area contributed by atoms with Crippen LogP contribution in [0.3, 0.4) is 0 Å². The number of hydrogen-bond donors (Lipinski definition) is 0. The fourth-order valence-electron chi connectivity index (χ4n) is 5.40. The van der Waals surface area contributed by atoms with Crippen molar-refractivity contribution in [2.45, 2.75) is 0 Å². The first-order valence-corrected chi connectivity index (χ1v) is 16.2. The molecule has 210 valence electrons. The second kappa shape index (κ2) is 12.8. The van der Waals surface area contributed by atoms with E-state index in [0.717, 1.165) is 33.8 Å². The van der Waals surface area contributed by atoms with E-state index in [4.69, 9.17) is 16.6 Å². The monoisotopic (exact) mass is 602 g/mol. The summed E-state index contributed by atoms with van der Waals surface area (Å²) in [6, 6.07) is 57.3. The van der Waals surface area contributed by atoms with Crippen LogP contribution < -0.4 is 15.9 Å². The highest BCUT2D eigenvalue weighted by molar-refractivity contribution is 7.79. The van der Waals surface area contributed by atoms with E-state index in [2.05, 4.69) is 132 Å². The SMILES string of the molecule is Clc1cccc(-c2cc(-c3ccc(-c4ccc(P(c5ccccc5)c5ccccc5)cc4)cc3)nc(-c3ccccn3)c2)c1. The molecule has 0 aliphatic heterocycles. The lowest BCUT2D eigenvalue weighted by molar-refractivity contribution is 1.25. The van der Waals surface area contributed by atoms with Gasteiger partial charge in [-0.25, -0.2) is 4.98 Å². The molecule has 44 heavy (non-hydrogen) atoms. The Labute approximate surface area is 264 Å². The molecule has 2 aromatic heterocycles. The van der Waals surface area contributed by atoms with Gasteiger partial charge in [0.15, 0.2) is 0 Å². The molecule has 7 aromatic rings. The Morgan fingerprint density at radius 2 is 0.955 bits per heavy atom. The summed E-state index contributed by atoms with van der Waals surface area (Å²) in [6.07, 6.45) is 1.80. The number of rotatable bonds is 7. The molecule has 0 spiro atoms. The molecule has 5 aromatic carbocycles. The van der Waals surface area contributed by atoms with Gasteiger partial charge in [0.1, 0.15) is 0 Å². The molecular weight excluding hydrogens is 575 g/mol. The predicted octanol–water partition coefficient (Wildman–Crippen LogP) is 9.56. The Morgan fingerprint density at radius 3 is 1.57 bits per heavy atom. The van der Waals surface area contributed by atoms with E-state index in [0.29, 0.717) is 5.02 Å². The lowest BCUT2D eigenvalue weighted by Crippen LogP contribution is -2.20. The number of aromatic nitrogens is 2. The third-order valence-electron chi connectivity index (χ3n) is 7.58. The maximum Gasteiger partial charge on any atom is 0.0899 e. The van der Waals surface area contributed by atoms with Crippen LogP contribution in [-0.2, 0) is 0 Å². The zero-order valence-electron chi connectivity index (χ0n) is 23.9. The Hall–Kier alpha value is -4.88. The van der Waals surface area contributed by atoms with Crippen molar-refractivity contribution in [3.05, 3.63) is 175 Å². The van der Waals surface area contributed by atoms with Gasteiger partial charge in [-0.05, 0) is 82.5 Å². The lowest BCUT2D eigenvalue weighted by Gasteiger charge is -2.19. The molecule has 0 amide bonds. The Balaban J connectivity index is 1.21. The average Bonchev–Trinajstić information content (AvgIpc) is 3.10. The third kappa shape index (κ3) is 6.10. The van der Waals surface area contributed by atoms with Gasteiger partial charge < -0.3 is 0 Å². The van der Waals surface area contributed by atoms with Gasteiger partial charge in [-0.3, -0.25) is 4.98 Å². The molecule has 0 fully saturated rings. The van der Waals surface area contributed by atoms with Crippen molar-refractivity contribution in [3.8, 4) is 44.9 Å². The van der Waals surface area contributed by atoms with Crippen LogP contribution in [0.4, 0.5) is 0 Å². The highest BCUT2D eigenvalue weighted by atomic mass is 35.5. The summed E-state index contributed by atoms with van der Waals surface area (Å²) in [5, 5.41) is 4.74. The molecule has 0 bridgehead atoms. The largest absolute Gasteiger partial charge is 0.255 e. The number of hydrogen-bond acceptors (Lipinski definition) is 2. The Bertz CT molecular complexity index is 1950. The first-order valence-electron chi connectivity index (χ1n) is 14.5. The van der Waals surface area contributed by atoms with Crippen LogP contribution in [-0.4, -0.2) is 9.97 Å². The standard InChI is InChI=1S/C40H28ClN2P/c41-34-11-9-10-32(26-34)33-27-39(43-40(28-33)38-16-7-8-25-42-38)31-19-17-29(18-20-31)30-21-23-37(24-22-30)44(35-12-3-1-4-13-35)36-14-5-2-6-15-36/h1-28H. The first-order chi connectivity index (χ1) is 21.7. The van der Waals surface area contributed by atoms with Crippen molar-refractivity contribution in [1.29, 1.82) is 0 Å². The van der Waals surface area contributed by atoms with Gasteiger partial charge in [0.2, 0.25) is 0 Å². The molecule has 0 aliphatic rings. The zero-order valence-corrected chi connectivity index (χ0v) is 25.5. The van der Waals surface area contributed by atoms with E-state index in [1.165, 1.54) is 27.0 Å². The van der Waals surface area contributed by atoms with E-state index in [1.807, 2.05) is 36.4 Å². The van der Waals surface area contributed by atoms with Crippen LogP contribution in [0.15, 0.2) is 170 Å². The molecule has 0 atom stereocenters. The van der Waals surface area contributed by atoms with E-state index < -0.39 is 7.92 Å². The Morgan fingerprint density at radius 1 is 0.386 bits per heavy atom. The summed E-state index contributed by atoms with van der Waals surface area (Å²) in [7, 11) is -0.631. The summed E-state index contributed by atoms with van der Waals surface area (Å²) in [6.45, 7) is 0. The van der Waals surface area contributed by atoms with Crippen molar-refractivity contribution >= 4 is 35.4 Å². The van der Waals surface area contributed by atoms with E-state index >= 15 is 0 Å². The molecular formula is C40H28ClN2P. The number of halogens is 1. The van der Waals surface area contributed by atoms with Gasteiger partial charge in [0.05, 0.1) is 17.1 Å². The van der Waals surface area contributed by atoms with Gasteiger partial charge >= 0.3 is 0 Å². The molecule has 0 N–H and O–H groups in total. The highest BCUT2D eigenvalue weighted by Crippen LogP contribution is 2.35. The van der Waals surface area contributed by atoms with Gasteiger partial charge in [-0.2, -0.15) is 0 Å². The average molecular weight is 603 g/mol. The molecule has 2 nitrogen and oxygen atoms in total. The molecule has 0 aliphatic carbocycles. The zero-order chi connectivity index (χ0) is 29.7. The highest BCUT2D eigenvalue weighted by Gasteiger charge is 2.16. The molecule has 7 rings (SSSR count). The molecule has 0 unspecified atom stereocenters. The minimum atomic E-state index is -0.631. The normalized spacial score (nSPS) is 11.0. The number of pyridine rings is 2. The van der Waals surface area contributed by atoms with Crippen LogP contribution in [0.1, 0.15) is 0 Å². The third-order valence-corrected chi connectivity index (χ3v) is 10.3. The summed E-state index contributed by atoms with van der Waals surface area (Å²) in [5.41, 5.74) is 8.04. The summed E-state index contributed by atoms with van der Waals surface area (Å²) in [5.74, 6) is 0. The van der Waals surface area contributed by atoms with E-state index in [-0.39, 0.29) is 0 Å². The van der Waals surface area contributed by atoms with E-state index in [9.17, 15) is 0 Å². The van der Waals surface area contributed by atoms with Crippen LogP contribution in [0, 0.1) is 0 Å². The van der Waals surface area contributed by atoms with Crippen molar-refractivity contribution in [2.24, 2.45) is 0 Å². The second-order valence-electron chi connectivity index (χ2n) is 10.5. The maximum atomic E-state index is 6.35. The van der Waals surface area contributed by atoms with Gasteiger partial charge in [0.25, 0.3) is 0 Å². The minimum absolute atomic E-state index is 0.631. The quantitative estimate of drug-likeness (QED) is 0.170. The topological polar surface area (TPSA) is 25.8 Å². The van der Waals surface area contributed by atoms with Gasteiger partial charge in [-0.1, -0.05) is 139 Å². The predicted molar refractivity (Wildman–Crippen MR) is 187 cm³/mol. The van der Waals surface area contributed by atoms with Crippen molar-refractivity contribution in [3.63, 3.8) is 0 Å². The van der Waals surface area contributed by atoms with Gasteiger partial charge in [-0.15, -0.1) is 0 Å². The van der Waals surface area contributed by atoms with Crippen molar-refractivity contribution in [1.82, 2.24) is 9.97 Å². The van der Waals surface area contributed by atoms with Crippen LogP contribution >= 0.6 is 19.5 Å². The summed E-state index contributed by atoms with van der Waals surface area (Å²) < 4.78 is 0. The fourth-order valence-corrected chi connectivity index (χ4v) is 7.87. The molecule has 0 saturated heterocycles. The Kier molecular flexibility index (Phi) is 8.11. The second-order valence-corrected chi connectivity index (χ2v) is 13.1. The minimum Gasteiger partial charge on any atom is -0.255 e. The molecule has 0 radical (unpaired) electrons. The summed E-state index contributed by atoms with van der Waals surface area (Å²) >= 11 is 6.35. The van der Waals surface area contributed by atoms with Crippen molar-refractivity contribution < 1.29 is 0 Å². The lowest BCUT2D eigenvalue weighted by atomic mass is 9.99. The smallest absolute Gasteiger partial charge is 0.0899 e. The molecule has 2 heterocycles. The summed E-state index contributed by atoms with van der Waals surface area (Å²) in [4.78, 5) is 9.58. The van der Waals surface area contributed by atoms with E-state index in [1.54, 1.807) is 6.20 Å². The van der Waals surface area contributed by atoms with Crippen LogP contribution in [0.25, 0.3) is 44.9 Å². The number of nitrogens with zero attached hydrogens (tertiary/aromatic N) is 2. The van der Waals surface area contributed by atoms with Crippen molar-refractivity contribution in [2.75, 3.05) is 0 Å². The molecule has 4 heteroatoms. The maximum absolute atomic E-state index is 6.35. The van der Waals surface area contributed by atoms with Crippen LogP contribution in [0.5, 0.6) is 0 Å².